The molecule has 3 rings (SSSR count). The van der Waals surface area contributed by atoms with Crippen molar-refractivity contribution in [2.24, 2.45) is 0 Å². The molecule has 0 N–H and O–H groups in total. The van der Waals surface area contributed by atoms with Gasteiger partial charge < -0.3 is 23.7 Å². The molecule has 8 nitrogen and oxygen atoms in total. The highest BCUT2D eigenvalue weighted by Gasteiger charge is 2.56. The van der Waals surface area contributed by atoms with E-state index in [1.807, 2.05) is 6.07 Å². The van der Waals surface area contributed by atoms with Gasteiger partial charge in [0, 0.05) is 19.8 Å². The number of fused-ring (bicyclic) bond motifs is 1. The zero-order valence-electron chi connectivity index (χ0n) is 14.9. The van der Waals surface area contributed by atoms with Crippen LogP contribution in [0, 0.1) is 0 Å². The fraction of sp³-hybridized carbons (Fsp3) is 0.625. The van der Waals surface area contributed by atoms with Crippen molar-refractivity contribution < 1.29 is 49.5 Å². The number of hydrogen-bond donors (Lipinski definition) is 0. The van der Waals surface area contributed by atoms with Crippen molar-refractivity contribution in [3.05, 3.63) is 35.9 Å². The van der Waals surface area contributed by atoms with Crippen molar-refractivity contribution in [2.45, 2.75) is 42.5 Å². The molecule has 0 bridgehead atoms. The molecule has 28 heavy (non-hydrogen) atoms. The van der Waals surface area contributed by atoms with Crippen LogP contribution in [0.15, 0.2) is 30.3 Å². The highest BCUT2D eigenvalue weighted by Crippen LogP contribution is 2.37. The van der Waals surface area contributed by atoms with Crippen molar-refractivity contribution in [2.75, 3.05) is 20.8 Å². The zero-order chi connectivity index (χ0) is 20.5. The lowest BCUT2D eigenvalue weighted by Gasteiger charge is -2.47. The molecule has 2 aliphatic rings. The number of hydrogen-bond acceptors (Lipinski definition) is 8. The summed E-state index contributed by atoms with van der Waals surface area (Å²) in [6, 6.07) is 8.98. The summed E-state index contributed by atoms with van der Waals surface area (Å²) in [6.45, 7) is -0.0769. The topological polar surface area (TPSA) is 89.5 Å². The number of rotatable bonds is 5. The Morgan fingerprint density at radius 1 is 1.04 bits per heavy atom. The van der Waals surface area contributed by atoms with Crippen LogP contribution in [0.4, 0.5) is 13.2 Å². The lowest BCUT2D eigenvalue weighted by Crippen LogP contribution is -2.63. The van der Waals surface area contributed by atoms with Gasteiger partial charge in [-0.3, -0.25) is 0 Å². The quantitative estimate of drug-likeness (QED) is 0.518. The minimum atomic E-state index is -5.91. The van der Waals surface area contributed by atoms with Gasteiger partial charge in [-0.1, -0.05) is 30.3 Å². The fourth-order valence-corrected chi connectivity index (χ4v) is 3.61. The molecule has 2 heterocycles. The van der Waals surface area contributed by atoms with Crippen LogP contribution in [-0.4, -0.2) is 65.5 Å². The molecule has 1 aromatic carbocycles. The van der Waals surface area contributed by atoms with Crippen molar-refractivity contribution >= 4 is 10.1 Å². The van der Waals surface area contributed by atoms with E-state index in [0.717, 1.165) is 5.56 Å². The Kier molecular flexibility index (Phi) is 6.29. The normalized spacial score (nSPS) is 34.0. The first-order valence-corrected chi connectivity index (χ1v) is 9.61. The Morgan fingerprint density at radius 2 is 1.68 bits per heavy atom. The van der Waals surface area contributed by atoms with Crippen LogP contribution in [0.3, 0.4) is 0 Å². The molecule has 2 aliphatic heterocycles. The summed E-state index contributed by atoms with van der Waals surface area (Å²) in [4.78, 5) is 0. The summed E-state index contributed by atoms with van der Waals surface area (Å²) in [5.74, 6) is 0. The Balaban J connectivity index is 1.81. The monoisotopic (exact) mass is 428 g/mol. The number of benzene rings is 1. The summed E-state index contributed by atoms with van der Waals surface area (Å²) in [5.41, 5.74) is -4.88. The van der Waals surface area contributed by atoms with Crippen LogP contribution in [0.5, 0.6) is 0 Å². The minimum absolute atomic E-state index is 0.0769. The number of methoxy groups -OCH3 is 2. The SMILES string of the molecule is CO[C@@H]1[C@H](OC)[C@H](OS(=O)(=O)C(F)(F)F)O[C@@H]2COC(c3ccccc3)O[C@@H]12. The Morgan fingerprint density at radius 3 is 2.25 bits per heavy atom. The van der Waals surface area contributed by atoms with Gasteiger partial charge in [-0.2, -0.15) is 21.6 Å². The van der Waals surface area contributed by atoms with Gasteiger partial charge in [0.2, 0.25) is 6.29 Å². The van der Waals surface area contributed by atoms with Crippen molar-refractivity contribution in [1.82, 2.24) is 0 Å². The van der Waals surface area contributed by atoms with Crippen LogP contribution in [-0.2, 0) is 38.0 Å². The third-order valence-electron chi connectivity index (χ3n) is 4.40. The molecule has 0 amide bonds. The fourth-order valence-electron chi connectivity index (χ4n) is 3.10. The van der Waals surface area contributed by atoms with Gasteiger partial charge in [0.25, 0.3) is 0 Å². The second-order valence-corrected chi connectivity index (χ2v) is 7.68. The molecule has 2 saturated heterocycles. The van der Waals surface area contributed by atoms with E-state index >= 15 is 0 Å². The summed E-state index contributed by atoms with van der Waals surface area (Å²) in [6.07, 6.45) is -6.61. The van der Waals surface area contributed by atoms with Gasteiger partial charge in [-0.05, 0) is 0 Å². The highest BCUT2D eigenvalue weighted by molar-refractivity contribution is 7.87. The van der Waals surface area contributed by atoms with Gasteiger partial charge in [0.15, 0.2) is 6.29 Å². The maximum atomic E-state index is 12.7. The third-order valence-corrected chi connectivity index (χ3v) is 5.41. The second-order valence-electron chi connectivity index (χ2n) is 6.12. The molecule has 1 unspecified atom stereocenters. The van der Waals surface area contributed by atoms with Gasteiger partial charge in [0.05, 0.1) is 6.61 Å². The molecule has 0 radical (unpaired) electrons. The lowest BCUT2D eigenvalue weighted by atomic mass is 9.97. The third kappa shape index (κ3) is 4.17. The number of halogens is 3. The van der Waals surface area contributed by atoms with Crippen LogP contribution in [0.25, 0.3) is 0 Å². The predicted octanol–water partition coefficient (Wildman–Crippen LogP) is 1.72. The van der Waals surface area contributed by atoms with Crippen LogP contribution in [0.1, 0.15) is 11.9 Å². The van der Waals surface area contributed by atoms with Gasteiger partial charge >= 0.3 is 15.6 Å². The molecule has 12 heteroatoms. The minimum Gasteiger partial charge on any atom is -0.376 e. The van der Waals surface area contributed by atoms with Crippen LogP contribution in [0.2, 0.25) is 0 Å². The van der Waals surface area contributed by atoms with Crippen LogP contribution >= 0.6 is 0 Å². The molecule has 2 fully saturated rings. The van der Waals surface area contributed by atoms with Crippen molar-refractivity contribution in [3.63, 3.8) is 0 Å². The lowest BCUT2D eigenvalue weighted by molar-refractivity contribution is -0.355. The van der Waals surface area contributed by atoms with Crippen molar-refractivity contribution in [1.29, 1.82) is 0 Å². The van der Waals surface area contributed by atoms with Gasteiger partial charge in [-0.25, -0.2) is 4.18 Å². The average Bonchev–Trinajstić information content (AvgIpc) is 2.66. The Labute approximate surface area is 159 Å². The van der Waals surface area contributed by atoms with E-state index in [1.165, 1.54) is 14.2 Å². The maximum absolute atomic E-state index is 12.7. The largest absolute Gasteiger partial charge is 0.523 e. The van der Waals surface area contributed by atoms with Gasteiger partial charge in [-0.15, -0.1) is 0 Å². The molecule has 158 valence electrons. The maximum Gasteiger partial charge on any atom is 0.523 e. The summed E-state index contributed by atoms with van der Waals surface area (Å²) in [7, 11) is -3.44. The molecule has 0 aromatic heterocycles. The standard InChI is InChI=1S/C16H19F3O8S/c1-22-12-11-10(8-24-14(26-11)9-6-4-3-5-7-9)25-15(13(12)23-2)27-28(20,21)16(17,18)19/h3-7,10-15H,8H2,1-2H3/t10-,11-,12+,13+,14?,15+/m1/s1. The molecular weight excluding hydrogens is 409 g/mol. The number of ether oxygens (including phenoxy) is 5. The summed E-state index contributed by atoms with van der Waals surface area (Å²) < 4.78 is 92.4. The van der Waals surface area contributed by atoms with E-state index in [1.54, 1.807) is 24.3 Å². The number of alkyl halides is 3. The first kappa shape index (κ1) is 21.4. The smallest absolute Gasteiger partial charge is 0.376 e. The first-order chi connectivity index (χ1) is 13.2. The van der Waals surface area contributed by atoms with E-state index in [2.05, 4.69) is 4.18 Å². The zero-order valence-corrected chi connectivity index (χ0v) is 15.7. The average molecular weight is 428 g/mol. The predicted molar refractivity (Wildman–Crippen MR) is 86.3 cm³/mol. The molecule has 1 aromatic rings. The first-order valence-electron chi connectivity index (χ1n) is 8.20. The van der Waals surface area contributed by atoms with E-state index in [0.29, 0.717) is 0 Å². The summed E-state index contributed by atoms with van der Waals surface area (Å²) >= 11 is 0. The Hall–Kier alpha value is -1.28. The van der Waals surface area contributed by atoms with Crippen molar-refractivity contribution in [3.8, 4) is 0 Å². The molecule has 6 atom stereocenters. The second kappa shape index (κ2) is 8.22. The molecule has 0 spiro atoms. The Bertz CT molecular complexity index is 757. The molecule has 0 aliphatic carbocycles. The molecule has 0 saturated carbocycles. The van der Waals surface area contributed by atoms with Crippen LogP contribution < -0.4 is 0 Å². The highest BCUT2D eigenvalue weighted by atomic mass is 32.2. The van der Waals surface area contributed by atoms with E-state index in [4.69, 9.17) is 23.7 Å². The van der Waals surface area contributed by atoms with Gasteiger partial charge in [0.1, 0.15) is 24.4 Å². The van der Waals surface area contributed by atoms with E-state index in [9.17, 15) is 21.6 Å². The summed E-state index contributed by atoms with van der Waals surface area (Å²) in [5, 5.41) is 0. The van der Waals surface area contributed by atoms with E-state index in [-0.39, 0.29) is 6.61 Å². The van der Waals surface area contributed by atoms with E-state index < -0.39 is 52.6 Å². The molecular formula is C16H19F3O8S.